The second kappa shape index (κ2) is 14.3. The van der Waals surface area contributed by atoms with Gasteiger partial charge in [0.1, 0.15) is 21.5 Å². The van der Waals surface area contributed by atoms with Gasteiger partial charge >= 0.3 is 0 Å². The first-order valence-electron chi connectivity index (χ1n) is 15.8. The van der Waals surface area contributed by atoms with Crippen LogP contribution in [0.15, 0.2) is 48.9 Å². The summed E-state index contributed by atoms with van der Waals surface area (Å²) in [6.45, 7) is 3.51. The van der Waals surface area contributed by atoms with E-state index in [4.69, 9.17) is 19.9 Å². The van der Waals surface area contributed by atoms with E-state index in [1.54, 1.807) is 30.7 Å². The van der Waals surface area contributed by atoms with Crippen molar-refractivity contribution >= 4 is 27.0 Å². The predicted molar refractivity (Wildman–Crippen MR) is 173 cm³/mol. The van der Waals surface area contributed by atoms with E-state index in [-0.39, 0.29) is 60.3 Å². The van der Waals surface area contributed by atoms with Gasteiger partial charge in [0.05, 0.1) is 66.0 Å². The molecule has 4 heterocycles. The van der Waals surface area contributed by atoms with Crippen LogP contribution in [0.5, 0.6) is 0 Å². The SMILES string of the molecule is CC1CC(c2ccncc2Nc2ncc3ccc(-c4c(F)cc(COC5CCOCC5)cc4F)nn23)CC(N)C1OCCS(C)(=O)=O. The van der Waals surface area contributed by atoms with E-state index >= 15 is 8.78 Å². The molecule has 4 aromatic rings. The van der Waals surface area contributed by atoms with Crippen molar-refractivity contribution in [1.29, 1.82) is 0 Å². The predicted octanol–water partition coefficient (Wildman–Crippen LogP) is 4.78. The molecular formula is C33H40F2N6O5S. The van der Waals surface area contributed by atoms with Gasteiger partial charge in [-0.2, -0.15) is 9.61 Å². The molecule has 14 heteroatoms. The van der Waals surface area contributed by atoms with Gasteiger partial charge in [-0.1, -0.05) is 6.92 Å². The molecule has 2 aliphatic rings. The van der Waals surface area contributed by atoms with E-state index < -0.39 is 21.5 Å². The number of aromatic nitrogens is 4. The number of rotatable bonds is 11. The van der Waals surface area contributed by atoms with Crippen LogP contribution in [0.2, 0.25) is 0 Å². The Morgan fingerprint density at radius 3 is 2.57 bits per heavy atom. The number of pyridine rings is 1. The Morgan fingerprint density at radius 2 is 1.85 bits per heavy atom. The summed E-state index contributed by atoms with van der Waals surface area (Å²) in [5.74, 6) is -0.984. The quantitative estimate of drug-likeness (QED) is 0.229. The first kappa shape index (κ1) is 33.3. The lowest BCUT2D eigenvalue weighted by Crippen LogP contribution is -2.47. The van der Waals surface area contributed by atoms with Crippen LogP contribution >= 0.6 is 0 Å². The molecule has 47 heavy (non-hydrogen) atoms. The molecule has 1 aliphatic carbocycles. The van der Waals surface area contributed by atoms with Crippen molar-refractivity contribution in [2.45, 2.75) is 63.4 Å². The highest BCUT2D eigenvalue weighted by molar-refractivity contribution is 7.90. The van der Waals surface area contributed by atoms with Gasteiger partial charge in [0, 0.05) is 31.7 Å². The van der Waals surface area contributed by atoms with Gasteiger partial charge in [-0.15, -0.1) is 0 Å². The maximum absolute atomic E-state index is 15.4. The number of nitrogens with one attached hydrogen (secondary N) is 1. The zero-order chi connectivity index (χ0) is 33.1. The molecule has 252 valence electrons. The van der Waals surface area contributed by atoms with Gasteiger partial charge in [-0.25, -0.2) is 22.2 Å². The Kier molecular flexibility index (Phi) is 10.1. The van der Waals surface area contributed by atoms with E-state index in [0.29, 0.717) is 42.4 Å². The fourth-order valence-electron chi connectivity index (χ4n) is 6.54. The number of sulfone groups is 1. The largest absolute Gasteiger partial charge is 0.381 e. The molecule has 1 saturated carbocycles. The van der Waals surface area contributed by atoms with Crippen molar-refractivity contribution in [3.63, 3.8) is 0 Å². The monoisotopic (exact) mass is 670 g/mol. The number of hydrogen-bond donors (Lipinski definition) is 2. The Bertz CT molecular complexity index is 1780. The maximum Gasteiger partial charge on any atom is 0.229 e. The molecule has 0 amide bonds. The molecule has 0 bridgehead atoms. The summed E-state index contributed by atoms with van der Waals surface area (Å²) < 4.78 is 72.4. The molecule has 1 aliphatic heterocycles. The number of benzene rings is 1. The number of halogens is 2. The molecule has 2 fully saturated rings. The number of hydrogen-bond acceptors (Lipinski definition) is 10. The van der Waals surface area contributed by atoms with Crippen molar-refractivity contribution < 1.29 is 31.4 Å². The highest BCUT2D eigenvalue weighted by atomic mass is 32.2. The van der Waals surface area contributed by atoms with E-state index in [2.05, 4.69) is 27.3 Å². The topological polar surface area (TPSA) is 143 Å². The first-order valence-corrected chi connectivity index (χ1v) is 17.9. The summed E-state index contributed by atoms with van der Waals surface area (Å²) in [6.07, 6.45) is 8.90. The molecule has 11 nitrogen and oxygen atoms in total. The summed E-state index contributed by atoms with van der Waals surface area (Å²) in [5.41, 5.74) is 9.17. The van der Waals surface area contributed by atoms with Crippen LogP contribution < -0.4 is 11.1 Å². The molecule has 4 unspecified atom stereocenters. The Labute approximate surface area is 272 Å². The minimum Gasteiger partial charge on any atom is -0.381 e. The number of imidazole rings is 1. The molecule has 6 rings (SSSR count). The summed E-state index contributed by atoms with van der Waals surface area (Å²) in [5, 5.41) is 7.89. The van der Waals surface area contributed by atoms with Crippen LogP contribution in [0.1, 0.15) is 49.7 Å². The molecule has 0 spiro atoms. The highest BCUT2D eigenvalue weighted by Gasteiger charge is 2.36. The van der Waals surface area contributed by atoms with Crippen molar-refractivity contribution in [1.82, 2.24) is 19.6 Å². The third-order valence-electron chi connectivity index (χ3n) is 8.90. The minimum absolute atomic E-state index is 0.00834. The van der Waals surface area contributed by atoms with Crippen LogP contribution in [-0.4, -0.2) is 78.1 Å². The highest BCUT2D eigenvalue weighted by Crippen LogP contribution is 2.40. The van der Waals surface area contributed by atoms with E-state index in [0.717, 1.165) is 24.8 Å². The van der Waals surface area contributed by atoms with E-state index in [9.17, 15) is 8.42 Å². The molecule has 3 aromatic heterocycles. The van der Waals surface area contributed by atoms with Crippen molar-refractivity contribution in [3.8, 4) is 11.3 Å². The van der Waals surface area contributed by atoms with Gasteiger partial charge in [0.25, 0.3) is 0 Å². The summed E-state index contributed by atoms with van der Waals surface area (Å²) in [6, 6.07) is 7.49. The van der Waals surface area contributed by atoms with Crippen LogP contribution in [0, 0.1) is 17.6 Å². The Balaban J connectivity index is 1.19. The summed E-state index contributed by atoms with van der Waals surface area (Å²) in [7, 11) is -3.13. The number of nitrogens with two attached hydrogens (primary N) is 1. The van der Waals surface area contributed by atoms with E-state index in [1.165, 1.54) is 22.9 Å². The van der Waals surface area contributed by atoms with Crippen molar-refractivity contribution in [3.05, 3.63) is 71.7 Å². The number of anilines is 2. The van der Waals surface area contributed by atoms with Gasteiger partial charge in [-0.05, 0) is 79.0 Å². The summed E-state index contributed by atoms with van der Waals surface area (Å²) in [4.78, 5) is 8.80. The van der Waals surface area contributed by atoms with Crippen LogP contribution in [0.4, 0.5) is 20.4 Å². The lowest BCUT2D eigenvalue weighted by Gasteiger charge is -2.39. The average molecular weight is 671 g/mol. The zero-order valence-electron chi connectivity index (χ0n) is 26.4. The van der Waals surface area contributed by atoms with Crippen molar-refractivity contribution in [2.24, 2.45) is 11.7 Å². The van der Waals surface area contributed by atoms with Crippen molar-refractivity contribution in [2.75, 3.05) is 37.1 Å². The average Bonchev–Trinajstić information content (AvgIpc) is 3.43. The molecule has 1 aromatic carbocycles. The summed E-state index contributed by atoms with van der Waals surface area (Å²) >= 11 is 0. The molecule has 3 N–H and O–H groups in total. The van der Waals surface area contributed by atoms with Crippen LogP contribution in [0.3, 0.4) is 0 Å². The van der Waals surface area contributed by atoms with Crippen LogP contribution in [0.25, 0.3) is 16.8 Å². The van der Waals surface area contributed by atoms with Gasteiger partial charge in [0.2, 0.25) is 5.95 Å². The third kappa shape index (κ3) is 7.95. The minimum atomic E-state index is -3.13. The Hall–Kier alpha value is -3.56. The first-order chi connectivity index (χ1) is 22.6. The molecule has 1 saturated heterocycles. The van der Waals surface area contributed by atoms with Crippen LogP contribution in [-0.2, 0) is 30.7 Å². The third-order valence-corrected chi connectivity index (χ3v) is 9.81. The zero-order valence-corrected chi connectivity index (χ0v) is 27.3. The number of nitrogens with zero attached hydrogens (tertiary/aromatic N) is 4. The molecule has 4 atom stereocenters. The Morgan fingerprint density at radius 1 is 1.09 bits per heavy atom. The fraction of sp³-hybridized carbons (Fsp3) is 0.485. The van der Waals surface area contributed by atoms with E-state index in [1.807, 2.05) is 6.07 Å². The van der Waals surface area contributed by atoms with Gasteiger partial charge in [0.15, 0.2) is 0 Å². The number of ether oxygens (including phenoxy) is 3. The lowest BCUT2D eigenvalue weighted by atomic mass is 9.74. The van der Waals surface area contributed by atoms with Gasteiger partial charge in [-0.3, -0.25) is 4.98 Å². The standard InChI is InChI=1S/C33H40F2N6O5S/c1-20-13-22(16-28(36)32(20)45-11-12-47(2,42)43)25-5-8-37-18-30(25)39-33-38-17-23-3-4-29(40-41(23)33)31-26(34)14-21(15-27(31)35)19-46-24-6-9-44-10-7-24/h3-5,8,14-15,17-18,20,22,24,28,32H,6-7,9-13,16,19,36H2,1-2H3,(H,38,39). The maximum atomic E-state index is 15.4. The second-order valence-electron chi connectivity index (χ2n) is 12.6. The lowest BCUT2D eigenvalue weighted by molar-refractivity contribution is -0.0391. The molecular weight excluding hydrogens is 630 g/mol. The fourth-order valence-corrected chi connectivity index (χ4v) is 6.94. The second-order valence-corrected chi connectivity index (χ2v) is 14.8. The van der Waals surface area contributed by atoms with Gasteiger partial charge < -0.3 is 25.3 Å². The number of fused-ring (bicyclic) bond motifs is 1. The normalized spacial score (nSPS) is 22.5. The smallest absolute Gasteiger partial charge is 0.229 e. The molecule has 0 radical (unpaired) electrons.